The van der Waals surface area contributed by atoms with Gasteiger partial charge in [0.2, 0.25) is 5.76 Å². The molecule has 1 aliphatic carbocycles. The number of aromatic nitrogens is 3. The summed E-state index contributed by atoms with van der Waals surface area (Å²) in [5.41, 5.74) is 2.52. The molecule has 1 N–H and O–H groups in total. The minimum atomic E-state index is -0.183. The number of rotatable bonds is 3. The molecule has 3 rings (SSSR count). The van der Waals surface area contributed by atoms with Crippen molar-refractivity contribution in [2.24, 2.45) is 7.05 Å². The maximum Gasteiger partial charge on any atom is 0.290 e. The summed E-state index contributed by atoms with van der Waals surface area (Å²) in [7, 11) is 1.87. The third-order valence-corrected chi connectivity index (χ3v) is 3.94. The molecule has 2 aromatic heterocycles. The number of carbonyl (C=O) groups excluding carboxylic acids is 1. The van der Waals surface area contributed by atoms with E-state index in [1.54, 1.807) is 16.9 Å². The largest absolute Gasteiger partial charge is 0.350 e. The quantitative estimate of drug-likeness (QED) is 0.929. The maximum atomic E-state index is 12.1. The molecule has 6 nitrogen and oxygen atoms in total. The first-order chi connectivity index (χ1) is 9.65. The molecule has 0 saturated heterocycles. The number of amides is 1. The highest BCUT2D eigenvalue weighted by Gasteiger charge is 2.21. The molecule has 2 aromatic rings. The van der Waals surface area contributed by atoms with Gasteiger partial charge < -0.3 is 9.84 Å². The molecule has 0 bridgehead atoms. The summed E-state index contributed by atoms with van der Waals surface area (Å²) < 4.78 is 6.92. The Bertz CT molecular complexity index is 623. The van der Waals surface area contributed by atoms with Crippen LogP contribution < -0.4 is 5.32 Å². The van der Waals surface area contributed by atoms with Gasteiger partial charge in [-0.2, -0.15) is 5.10 Å². The molecule has 0 aromatic carbocycles. The molecule has 0 aliphatic heterocycles. The van der Waals surface area contributed by atoms with Crippen molar-refractivity contribution in [1.29, 1.82) is 0 Å². The first kappa shape index (κ1) is 12.9. The van der Waals surface area contributed by atoms with Crippen LogP contribution in [0, 0.1) is 6.92 Å². The lowest BCUT2D eigenvalue weighted by molar-refractivity contribution is 0.0900. The average Bonchev–Trinajstić information content (AvgIpc) is 3.13. The number of hydrogen-bond acceptors (Lipinski definition) is 4. The van der Waals surface area contributed by atoms with E-state index in [-0.39, 0.29) is 17.7 Å². The number of nitrogens with zero attached hydrogens (tertiary/aromatic N) is 3. The topological polar surface area (TPSA) is 73.0 Å². The fourth-order valence-corrected chi connectivity index (χ4v) is 2.59. The molecule has 6 heteroatoms. The van der Waals surface area contributed by atoms with Gasteiger partial charge in [0.25, 0.3) is 5.91 Å². The maximum absolute atomic E-state index is 12.1. The van der Waals surface area contributed by atoms with E-state index in [0.717, 1.165) is 24.1 Å². The van der Waals surface area contributed by atoms with Crippen LogP contribution in [0.15, 0.2) is 16.8 Å². The molecular weight excluding hydrogens is 256 g/mol. The predicted octanol–water partition coefficient (Wildman–Crippen LogP) is 2.06. The Morgan fingerprint density at radius 1 is 1.45 bits per heavy atom. The van der Waals surface area contributed by atoms with Gasteiger partial charge in [0.1, 0.15) is 5.69 Å². The number of hydrogen-bond donors (Lipinski definition) is 1. The number of nitrogens with one attached hydrogen (secondary N) is 1. The van der Waals surface area contributed by atoms with Gasteiger partial charge in [0.05, 0.1) is 6.20 Å². The van der Waals surface area contributed by atoms with Crippen molar-refractivity contribution in [1.82, 2.24) is 20.3 Å². The predicted molar refractivity (Wildman–Crippen MR) is 73.2 cm³/mol. The second-order valence-corrected chi connectivity index (χ2v) is 5.30. The van der Waals surface area contributed by atoms with Gasteiger partial charge in [-0.3, -0.25) is 9.48 Å². The molecule has 1 aliphatic rings. The SMILES string of the molecule is Cc1c(-c2cc(C(=O)NC3CCCC3)on2)cnn1C. The second kappa shape index (κ2) is 5.11. The molecule has 20 heavy (non-hydrogen) atoms. The first-order valence-electron chi connectivity index (χ1n) is 6.91. The summed E-state index contributed by atoms with van der Waals surface area (Å²) in [6.45, 7) is 1.95. The van der Waals surface area contributed by atoms with Gasteiger partial charge in [-0.1, -0.05) is 18.0 Å². The molecule has 0 unspecified atom stereocenters. The van der Waals surface area contributed by atoms with E-state index >= 15 is 0 Å². The third kappa shape index (κ3) is 2.33. The molecule has 1 fully saturated rings. The molecule has 0 radical (unpaired) electrons. The van der Waals surface area contributed by atoms with Crippen molar-refractivity contribution in [2.75, 3.05) is 0 Å². The third-order valence-electron chi connectivity index (χ3n) is 3.94. The summed E-state index contributed by atoms with van der Waals surface area (Å²) in [6.07, 6.45) is 6.19. The highest BCUT2D eigenvalue weighted by atomic mass is 16.5. The van der Waals surface area contributed by atoms with Crippen LogP contribution in [0.25, 0.3) is 11.3 Å². The van der Waals surface area contributed by atoms with Crippen LogP contribution in [0.4, 0.5) is 0 Å². The van der Waals surface area contributed by atoms with E-state index in [9.17, 15) is 4.79 Å². The summed E-state index contributed by atoms with van der Waals surface area (Å²) in [6, 6.07) is 1.95. The van der Waals surface area contributed by atoms with E-state index in [1.165, 1.54) is 12.8 Å². The lowest BCUT2D eigenvalue weighted by Gasteiger charge is -2.09. The van der Waals surface area contributed by atoms with Gasteiger partial charge >= 0.3 is 0 Å². The summed E-state index contributed by atoms with van der Waals surface area (Å²) in [4.78, 5) is 12.1. The van der Waals surface area contributed by atoms with Crippen molar-refractivity contribution in [3.8, 4) is 11.3 Å². The van der Waals surface area contributed by atoms with Crippen LogP contribution in [0.2, 0.25) is 0 Å². The molecular formula is C14H18N4O2. The Morgan fingerprint density at radius 2 is 2.20 bits per heavy atom. The lowest BCUT2D eigenvalue weighted by atomic mass is 10.2. The fourth-order valence-electron chi connectivity index (χ4n) is 2.59. The highest BCUT2D eigenvalue weighted by Crippen LogP contribution is 2.23. The fraction of sp³-hybridized carbons (Fsp3) is 0.500. The minimum Gasteiger partial charge on any atom is -0.350 e. The average molecular weight is 274 g/mol. The van der Waals surface area contributed by atoms with Gasteiger partial charge in [-0.25, -0.2) is 0 Å². The highest BCUT2D eigenvalue weighted by molar-refractivity contribution is 5.92. The molecule has 1 saturated carbocycles. The smallest absolute Gasteiger partial charge is 0.290 e. The Labute approximate surface area is 117 Å². The Morgan fingerprint density at radius 3 is 2.85 bits per heavy atom. The van der Waals surface area contributed by atoms with Crippen molar-refractivity contribution >= 4 is 5.91 Å². The molecule has 106 valence electrons. The zero-order valence-electron chi connectivity index (χ0n) is 11.7. The van der Waals surface area contributed by atoms with E-state index in [2.05, 4.69) is 15.6 Å². The Kier molecular flexibility index (Phi) is 3.30. The van der Waals surface area contributed by atoms with Crippen LogP contribution in [-0.4, -0.2) is 26.9 Å². The van der Waals surface area contributed by atoms with E-state index < -0.39 is 0 Å². The van der Waals surface area contributed by atoms with E-state index in [1.807, 2.05) is 14.0 Å². The van der Waals surface area contributed by atoms with Crippen molar-refractivity contribution < 1.29 is 9.32 Å². The molecule has 0 atom stereocenters. The zero-order valence-corrected chi connectivity index (χ0v) is 11.7. The van der Waals surface area contributed by atoms with Crippen LogP contribution in [0.1, 0.15) is 41.9 Å². The molecule has 0 spiro atoms. The minimum absolute atomic E-state index is 0.183. The normalized spacial score (nSPS) is 15.7. The van der Waals surface area contributed by atoms with Gasteiger partial charge in [0.15, 0.2) is 0 Å². The van der Waals surface area contributed by atoms with Crippen LogP contribution >= 0.6 is 0 Å². The van der Waals surface area contributed by atoms with Crippen molar-refractivity contribution in [3.05, 3.63) is 23.7 Å². The first-order valence-corrected chi connectivity index (χ1v) is 6.91. The summed E-state index contributed by atoms with van der Waals surface area (Å²) in [5, 5.41) is 11.1. The van der Waals surface area contributed by atoms with Crippen LogP contribution in [0.5, 0.6) is 0 Å². The standard InChI is InChI=1S/C14H18N4O2/c1-9-11(8-15-18(9)2)12-7-13(20-17-12)14(19)16-10-5-3-4-6-10/h7-8,10H,3-6H2,1-2H3,(H,16,19). The Hall–Kier alpha value is -2.11. The van der Waals surface area contributed by atoms with Gasteiger partial charge in [-0.15, -0.1) is 0 Å². The molecule has 2 heterocycles. The zero-order chi connectivity index (χ0) is 14.1. The Balaban J connectivity index is 1.76. The van der Waals surface area contributed by atoms with Crippen LogP contribution in [-0.2, 0) is 7.05 Å². The monoisotopic (exact) mass is 274 g/mol. The summed E-state index contributed by atoms with van der Waals surface area (Å²) >= 11 is 0. The van der Waals surface area contributed by atoms with Gasteiger partial charge in [0, 0.05) is 30.4 Å². The van der Waals surface area contributed by atoms with E-state index in [0.29, 0.717) is 5.69 Å². The second-order valence-electron chi connectivity index (χ2n) is 5.30. The number of carbonyl (C=O) groups is 1. The number of aryl methyl sites for hydroxylation is 1. The van der Waals surface area contributed by atoms with Crippen molar-refractivity contribution in [2.45, 2.75) is 38.6 Å². The lowest BCUT2D eigenvalue weighted by Crippen LogP contribution is -2.32. The van der Waals surface area contributed by atoms with Crippen molar-refractivity contribution in [3.63, 3.8) is 0 Å². The summed E-state index contributed by atoms with van der Waals surface area (Å²) in [5.74, 6) is 0.0762. The van der Waals surface area contributed by atoms with Gasteiger partial charge in [-0.05, 0) is 19.8 Å². The van der Waals surface area contributed by atoms with Crippen LogP contribution in [0.3, 0.4) is 0 Å². The van der Waals surface area contributed by atoms with E-state index in [4.69, 9.17) is 4.52 Å². The molecule has 1 amide bonds.